The van der Waals surface area contributed by atoms with E-state index in [1.807, 2.05) is 6.92 Å². The normalized spacial score (nSPS) is 11.2. The highest BCUT2D eigenvalue weighted by atomic mass is 35.5. The van der Waals surface area contributed by atoms with Crippen LogP contribution in [0.3, 0.4) is 0 Å². The molecular weight excluding hydrogens is 326 g/mol. The van der Waals surface area contributed by atoms with Gasteiger partial charge in [-0.3, -0.25) is 15.6 Å². The number of carbonyl (C=O) groups excluding carboxylic acids is 2. The average molecular weight is 344 g/mol. The van der Waals surface area contributed by atoms with Gasteiger partial charge in [-0.2, -0.15) is 0 Å². The van der Waals surface area contributed by atoms with Gasteiger partial charge in [-0.25, -0.2) is 4.79 Å². The van der Waals surface area contributed by atoms with Gasteiger partial charge in [0.1, 0.15) is 0 Å². The Morgan fingerprint density at radius 2 is 1.91 bits per heavy atom. The first-order valence-electron chi connectivity index (χ1n) is 6.56. The number of thiocarbonyl (C=S) groups is 1. The summed E-state index contributed by atoms with van der Waals surface area (Å²) < 4.78 is 0. The molecule has 0 fully saturated rings. The molecule has 3 amide bonds. The molecule has 0 bridgehead atoms. The Hall–Kier alpha value is -2.06. The van der Waals surface area contributed by atoms with Crippen molar-refractivity contribution < 1.29 is 9.59 Å². The molecule has 120 valence electrons. The lowest BCUT2D eigenvalue weighted by Gasteiger charge is -2.18. The molecule has 0 aliphatic rings. The molecule has 6 N–H and O–H groups in total. The van der Waals surface area contributed by atoms with E-state index in [0.717, 1.165) is 0 Å². The zero-order valence-corrected chi connectivity index (χ0v) is 13.6. The van der Waals surface area contributed by atoms with Gasteiger partial charge in [0.25, 0.3) is 0 Å². The zero-order chi connectivity index (χ0) is 16.5. The van der Waals surface area contributed by atoms with Crippen LogP contribution in [0.4, 0.5) is 4.79 Å². The van der Waals surface area contributed by atoms with Crippen LogP contribution in [0.2, 0.25) is 5.02 Å². The molecule has 0 aliphatic heterocycles. The third kappa shape index (κ3) is 6.59. The van der Waals surface area contributed by atoms with Crippen LogP contribution in [0.5, 0.6) is 0 Å². The summed E-state index contributed by atoms with van der Waals surface area (Å²) in [5, 5.41) is 6.21. The number of benzene rings is 1. The molecular formula is C13H18ClN5O2S. The molecule has 1 atom stereocenters. The van der Waals surface area contributed by atoms with E-state index in [9.17, 15) is 9.59 Å². The second-order valence-electron chi connectivity index (χ2n) is 4.35. The molecule has 0 radical (unpaired) electrons. The SMILES string of the molecule is CCNC(=S)NNC(=O)CC(NC(N)=O)c1ccc(Cl)cc1. The highest BCUT2D eigenvalue weighted by molar-refractivity contribution is 7.80. The molecule has 0 heterocycles. The van der Waals surface area contributed by atoms with Crippen LogP contribution in [0.1, 0.15) is 24.9 Å². The molecule has 1 aromatic rings. The smallest absolute Gasteiger partial charge is 0.312 e. The number of nitrogens with one attached hydrogen (secondary N) is 4. The van der Waals surface area contributed by atoms with E-state index in [2.05, 4.69) is 21.5 Å². The van der Waals surface area contributed by atoms with Crippen LogP contribution in [0, 0.1) is 0 Å². The van der Waals surface area contributed by atoms with Crippen molar-refractivity contribution in [1.29, 1.82) is 0 Å². The van der Waals surface area contributed by atoms with Crippen molar-refractivity contribution >= 4 is 40.9 Å². The fourth-order valence-corrected chi connectivity index (χ4v) is 2.01. The molecule has 1 unspecified atom stereocenters. The first-order valence-corrected chi connectivity index (χ1v) is 7.35. The number of halogens is 1. The summed E-state index contributed by atoms with van der Waals surface area (Å²) in [6.45, 7) is 2.52. The molecule has 0 aromatic heterocycles. The molecule has 1 aromatic carbocycles. The third-order valence-corrected chi connectivity index (χ3v) is 3.13. The summed E-state index contributed by atoms with van der Waals surface area (Å²) >= 11 is 10.7. The van der Waals surface area contributed by atoms with Crippen molar-refractivity contribution in [2.45, 2.75) is 19.4 Å². The van der Waals surface area contributed by atoms with Crippen molar-refractivity contribution in [3.8, 4) is 0 Å². The number of carbonyl (C=O) groups is 2. The summed E-state index contributed by atoms with van der Waals surface area (Å²) in [6, 6.07) is 5.49. The maximum Gasteiger partial charge on any atom is 0.312 e. The van der Waals surface area contributed by atoms with Crippen molar-refractivity contribution in [2.24, 2.45) is 5.73 Å². The number of rotatable bonds is 5. The minimum absolute atomic E-state index is 0.00763. The molecule has 22 heavy (non-hydrogen) atoms. The van der Waals surface area contributed by atoms with Crippen molar-refractivity contribution in [3.05, 3.63) is 34.9 Å². The van der Waals surface area contributed by atoms with Gasteiger partial charge >= 0.3 is 6.03 Å². The number of hydrogen-bond acceptors (Lipinski definition) is 3. The number of amides is 3. The first kappa shape index (κ1) is 18.0. The molecule has 0 saturated heterocycles. The van der Waals surface area contributed by atoms with Gasteiger partial charge in [0, 0.05) is 11.6 Å². The van der Waals surface area contributed by atoms with Crippen molar-refractivity contribution in [2.75, 3.05) is 6.54 Å². The number of nitrogens with two attached hydrogens (primary N) is 1. The van der Waals surface area contributed by atoms with Crippen LogP contribution < -0.4 is 27.2 Å². The minimum Gasteiger partial charge on any atom is -0.362 e. The second kappa shape index (κ2) is 9.06. The summed E-state index contributed by atoms with van der Waals surface area (Å²) in [4.78, 5) is 23.0. The Kier molecular flexibility index (Phi) is 7.41. The Morgan fingerprint density at radius 3 is 2.45 bits per heavy atom. The summed E-state index contributed by atoms with van der Waals surface area (Å²) in [5.74, 6) is -0.353. The Morgan fingerprint density at radius 1 is 1.27 bits per heavy atom. The van der Waals surface area contributed by atoms with Crippen LogP contribution in [-0.2, 0) is 4.79 Å². The molecule has 0 aliphatic carbocycles. The quantitative estimate of drug-likeness (QED) is 0.404. The van der Waals surface area contributed by atoms with Crippen LogP contribution >= 0.6 is 23.8 Å². The Bertz CT molecular complexity index is 538. The number of hydrogen-bond donors (Lipinski definition) is 5. The lowest BCUT2D eigenvalue weighted by molar-refractivity contribution is -0.122. The number of primary amides is 1. The number of urea groups is 1. The summed E-state index contributed by atoms with van der Waals surface area (Å²) in [6.07, 6.45) is -0.00763. The second-order valence-corrected chi connectivity index (χ2v) is 5.19. The fourth-order valence-electron chi connectivity index (χ4n) is 1.69. The van der Waals surface area contributed by atoms with Crippen LogP contribution in [0.15, 0.2) is 24.3 Å². The summed E-state index contributed by atoms with van der Waals surface area (Å²) in [7, 11) is 0. The van der Waals surface area contributed by atoms with Gasteiger partial charge in [0.05, 0.1) is 12.5 Å². The van der Waals surface area contributed by atoms with E-state index in [4.69, 9.17) is 29.6 Å². The molecule has 1 rings (SSSR count). The van der Waals surface area contributed by atoms with Gasteiger partial charge in [0.2, 0.25) is 5.91 Å². The molecule has 0 spiro atoms. The lowest BCUT2D eigenvalue weighted by Crippen LogP contribution is -2.47. The van der Waals surface area contributed by atoms with Gasteiger partial charge in [-0.1, -0.05) is 23.7 Å². The highest BCUT2D eigenvalue weighted by Crippen LogP contribution is 2.19. The van der Waals surface area contributed by atoms with Gasteiger partial charge in [-0.05, 0) is 36.8 Å². The Balaban J connectivity index is 2.65. The topological polar surface area (TPSA) is 108 Å². The minimum atomic E-state index is -0.719. The maximum atomic E-state index is 11.9. The predicted molar refractivity (Wildman–Crippen MR) is 89.1 cm³/mol. The van der Waals surface area contributed by atoms with Crippen LogP contribution in [-0.4, -0.2) is 23.6 Å². The first-order chi connectivity index (χ1) is 10.4. The van der Waals surface area contributed by atoms with Gasteiger partial charge < -0.3 is 16.4 Å². The average Bonchev–Trinajstić information content (AvgIpc) is 2.45. The monoisotopic (exact) mass is 343 g/mol. The molecule has 0 saturated carbocycles. The van der Waals surface area contributed by atoms with Crippen molar-refractivity contribution in [3.63, 3.8) is 0 Å². The van der Waals surface area contributed by atoms with Crippen LogP contribution in [0.25, 0.3) is 0 Å². The maximum absolute atomic E-state index is 11.9. The lowest BCUT2D eigenvalue weighted by atomic mass is 10.0. The number of hydrazine groups is 1. The Labute approximate surface area is 138 Å². The molecule has 7 nitrogen and oxygen atoms in total. The third-order valence-electron chi connectivity index (χ3n) is 2.63. The van der Waals surface area contributed by atoms with E-state index in [-0.39, 0.29) is 12.3 Å². The standard InChI is InChI=1S/C13H18ClN5O2S/c1-2-16-13(22)19-18-11(20)7-10(17-12(15)21)8-3-5-9(14)6-4-8/h3-6,10H,2,7H2,1H3,(H,18,20)(H3,15,17,21)(H2,16,19,22). The predicted octanol–water partition coefficient (Wildman–Crippen LogP) is 0.955. The largest absolute Gasteiger partial charge is 0.362 e. The zero-order valence-electron chi connectivity index (χ0n) is 12.0. The molecule has 9 heteroatoms. The van der Waals surface area contributed by atoms with Gasteiger partial charge in [-0.15, -0.1) is 0 Å². The van der Waals surface area contributed by atoms with Crippen molar-refractivity contribution in [1.82, 2.24) is 21.5 Å². The fraction of sp³-hybridized carbons (Fsp3) is 0.308. The van der Waals surface area contributed by atoms with E-state index in [0.29, 0.717) is 22.2 Å². The van der Waals surface area contributed by atoms with E-state index in [1.165, 1.54) is 0 Å². The van der Waals surface area contributed by atoms with E-state index >= 15 is 0 Å². The highest BCUT2D eigenvalue weighted by Gasteiger charge is 2.17. The van der Waals surface area contributed by atoms with E-state index in [1.54, 1.807) is 24.3 Å². The summed E-state index contributed by atoms with van der Waals surface area (Å²) in [5.41, 5.74) is 10.9. The van der Waals surface area contributed by atoms with E-state index < -0.39 is 12.1 Å². The van der Waals surface area contributed by atoms with Gasteiger partial charge in [0.15, 0.2) is 5.11 Å².